The lowest BCUT2D eigenvalue weighted by atomic mass is 9.91. The molecular weight excluding hydrogens is 388 g/mol. The molecule has 4 heterocycles. The lowest BCUT2D eigenvalue weighted by Gasteiger charge is -2.36. The fraction of sp³-hybridized carbons (Fsp3) is 0.200. The van der Waals surface area contributed by atoms with Gasteiger partial charge in [-0.15, -0.1) is 0 Å². The first-order valence-corrected chi connectivity index (χ1v) is 10.6. The van der Waals surface area contributed by atoms with E-state index in [-0.39, 0.29) is 11.9 Å². The van der Waals surface area contributed by atoms with Crippen LogP contribution in [0.4, 0.5) is 0 Å². The van der Waals surface area contributed by atoms with Crippen molar-refractivity contribution in [2.24, 2.45) is 0 Å². The summed E-state index contributed by atoms with van der Waals surface area (Å²) in [6, 6.07) is 14.5. The summed E-state index contributed by atoms with van der Waals surface area (Å²) in [6.45, 7) is 1.38. The molecule has 0 saturated carbocycles. The van der Waals surface area contributed by atoms with Crippen LogP contribution in [0.1, 0.15) is 34.1 Å². The second-order valence-corrected chi connectivity index (χ2v) is 8.05. The van der Waals surface area contributed by atoms with E-state index in [4.69, 9.17) is 4.74 Å². The fourth-order valence-corrected chi connectivity index (χ4v) is 4.82. The van der Waals surface area contributed by atoms with Gasteiger partial charge < -0.3 is 19.6 Å². The number of hydrogen-bond acceptors (Lipinski definition) is 3. The molecule has 2 aromatic carbocycles. The smallest absolute Gasteiger partial charge is 0.247 e. The van der Waals surface area contributed by atoms with Crippen LogP contribution in [0, 0.1) is 0 Å². The summed E-state index contributed by atoms with van der Waals surface area (Å²) in [6.07, 6.45) is 8.45. The van der Waals surface area contributed by atoms with Gasteiger partial charge in [0.05, 0.1) is 30.9 Å². The van der Waals surface area contributed by atoms with Gasteiger partial charge in [0.15, 0.2) is 0 Å². The maximum Gasteiger partial charge on any atom is 0.247 e. The van der Waals surface area contributed by atoms with E-state index in [1.54, 1.807) is 24.7 Å². The van der Waals surface area contributed by atoms with E-state index < -0.39 is 0 Å². The first-order chi connectivity index (χ1) is 15.3. The lowest BCUT2D eigenvalue weighted by Crippen LogP contribution is -2.39. The van der Waals surface area contributed by atoms with Gasteiger partial charge in [0.1, 0.15) is 5.75 Å². The zero-order valence-electron chi connectivity index (χ0n) is 17.0. The summed E-state index contributed by atoms with van der Waals surface area (Å²) >= 11 is 0. The second kappa shape index (κ2) is 7.16. The van der Waals surface area contributed by atoms with Crippen molar-refractivity contribution >= 4 is 22.9 Å². The van der Waals surface area contributed by atoms with Crippen LogP contribution in [0.15, 0.2) is 61.1 Å². The Morgan fingerprint density at radius 1 is 1.19 bits per heavy atom. The summed E-state index contributed by atoms with van der Waals surface area (Å²) in [7, 11) is 0. The maximum atomic E-state index is 13.3. The van der Waals surface area contributed by atoms with Crippen molar-refractivity contribution in [1.82, 2.24) is 19.9 Å². The van der Waals surface area contributed by atoms with Gasteiger partial charge in [0.2, 0.25) is 5.91 Å². The number of carbonyl (C=O) groups excluding carboxylic acids is 1. The maximum absolute atomic E-state index is 13.3. The predicted octanol–water partition coefficient (Wildman–Crippen LogP) is 4.01. The summed E-state index contributed by atoms with van der Waals surface area (Å²) in [5.74, 6) is 0.939. The van der Waals surface area contributed by atoms with Crippen LogP contribution in [0.25, 0.3) is 17.0 Å². The highest BCUT2D eigenvalue weighted by Crippen LogP contribution is 2.40. The molecule has 0 fully saturated rings. The van der Waals surface area contributed by atoms with Crippen molar-refractivity contribution in [3.8, 4) is 5.75 Å². The third kappa shape index (κ3) is 3.03. The van der Waals surface area contributed by atoms with Crippen LogP contribution in [0.3, 0.4) is 0 Å². The molecule has 1 unspecified atom stereocenters. The molecule has 0 aliphatic carbocycles. The summed E-state index contributed by atoms with van der Waals surface area (Å²) in [4.78, 5) is 25.9. The Morgan fingerprint density at radius 2 is 2.13 bits per heavy atom. The highest BCUT2D eigenvalue weighted by atomic mass is 16.5. The molecule has 1 atom stereocenters. The molecule has 4 aromatic rings. The molecule has 2 aliphatic rings. The summed E-state index contributed by atoms with van der Waals surface area (Å²) in [5, 5.41) is 1.24. The molecule has 0 radical (unpaired) electrons. The van der Waals surface area contributed by atoms with Gasteiger partial charge in [-0.05, 0) is 47.4 Å². The standard InChI is InChI=1S/C25H22N4O2/c30-23(8-6-18-14-26-15-27-18)29-11-9-20-19-3-1-2-4-21(19)28-24(20)25(29)17-5-7-22-16(13-17)10-12-31-22/h1-8,13-15,25,28H,9-12H2,(H,26,27). The highest BCUT2D eigenvalue weighted by Gasteiger charge is 2.34. The molecular formula is C25H22N4O2. The molecule has 2 aromatic heterocycles. The van der Waals surface area contributed by atoms with Crippen LogP contribution in [0.5, 0.6) is 5.75 Å². The molecule has 1 amide bonds. The Hall–Kier alpha value is -3.80. The topological polar surface area (TPSA) is 74.0 Å². The van der Waals surface area contributed by atoms with Gasteiger partial charge in [0, 0.05) is 35.6 Å². The van der Waals surface area contributed by atoms with Crippen molar-refractivity contribution in [3.63, 3.8) is 0 Å². The van der Waals surface area contributed by atoms with E-state index in [2.05, 4.69) is 45.3 Å². The van der Waals surface area contributed by atoms with Crippen LogP contribution in [0.2, 0.25) is 0 Å². The zero-order chi connectivity index (χ0) is 20.8. The second-order valence-electron chi connectivity index (χ2n) is 8.05. The minimum absolute atomic E-state index is 0.0133. The number of rotatable bonds is 3. The number of aromatic amines is 2. The molecule has 0 bridgehead atoms. The van der Waals surface area contributed by atoms with Crippen molar-refractivity contribution in [1.29, 1.82) is 0 Å². The number of amides is 1. The number of ether oxygens (including phenoxy) is 1. The van der Waals surface area contributed by atoms with E-state index in [0.717, 1.165) is 47.7 Å². The Morgan fingerprint density at radius 3 is 3.03 bits per heavy atom. The third-order valence-electron chi connectivity index (χ3n) is 6.27. The SMILES string of the molecule is O=C(C=Cc1cnc[nH]1)N1CCc2c([nH]c3ccccc23)C1c1ccc2c(c1)CCO2. The largest absolute Gasteiger partial charge is 0.493 e. The van der Waals surface area contributed by atoms with Crippen molar-refractivity contribution in [2.45, 2.75) is 18.9 Å². The minimum atomic E-state index is -0.166. The van der Waals surface area contributed by atoms with E-state index in [0.29, 0.717) is 6.54 Å². The molecule has 6 rings (SSSR count). The number of hydrogen-bond donors (Lipinski definition) is 2. The van der Waals surface area contributed by atoms with Gasteiger partial charge in [-0.25, -0.2) is 4.98 Å². The van der Waals surface area contributed by atoms with Gasteiger partial charge >= 0.3 is 0 Å². The fourth-order valence-electron chi connectivity index (χ4n) is 4.82. The Bertz CT molecular complexity index is 1300. The number of aromatic nitrogens is 3. The summed E-state index contributed by atoms with van der Waals surface area (Å²) < 4.78 is 5.70. The average molecular weight is 410 g/mol. The van der Waals surface area contributed by atoms with Crippen molar-refractivity contribution in [3.05, 3.63) is 89.1 Å². The number of fused-ring (bicyclic) bond motifs is 4. The number of benzene rings is 2. The molecule has 2 N–H and O–H groups in total. The van der Waals surface area contributed by atoms with Crippen LogP contribution in [-0.4, -0.2) is 38.9 Å². The van der Waals surface area contributed by atoms with E-state index in [9.17, 15) is 4.79 Å². The highest BCUT2D eigenvalue weighted by molar-refractivity contribution is 5.93. The van der Waals surface area contributed by atoms with E-state index in [1.165, 1.54) is 16.5 Å². The van der Waals surface area contributed by atoms with Gasteiger partial charge in [-0.1, -0.05) is 24.3 Å². The normalized spacial score (nSPS) is 17.7. The molecule has 2 aliphatic heterocycles. The quantitative estimate of drug-likeness (QED) is 0.501. The molecule has 154 valence electrons. The predicted molar refractivity (Wildman–Crippen MR) is 119 cm³/mol. The zero-order valence-corrected chi connectivity index (χ0v) is 17.0. The molecule has 0 saturated heterocycles. The van der Waals surface area contributed by atoms with Crippen LogP contribution >= 0.6 is 0 Å². The monoisotopic (exact) mass is 410 g/mol. The minimum Gasteiger partial charge on any atom is -0.493 e. The van der Waals surface area contributed by atoms with Crippen molar-refractivity contribution < 1.29 is 9.53 Å². The van der Waals surface area contributed by atoms with Crippen LogP contribution in [-0.2, 0) is 17.6 Å². The number of nitrogens with zero attached hydrogens (tertiary/aromatic N) is 2. The molecule has 6 heteroatoms. The van der Waals surface area contributed by atoms with Gasteiger partial charge in [-0.3, -0.25) is 4.79 Å². The molecule has 6 nitrogen and oxygen atoms in total. The first kappa shape index (κ1) is 18.0. The first-order valence-electron chi connectivity index (χ1n) is 10.6. The van der Waals surface area contributed by atoms with Gasteiger partial charge in [0.25, 0.3) is 0 Å². The lowest BCUT2D eigenvalue weighted by molar-refractivity contribution is -0.128. The Labute approximate surface area is 179 Å². The number of imidazole rings is 1. The Kier molecular flexibility index (Phi) is 4.16. The third-order valence-corrected chi connectivity index (χ3v) is 6.27. The number of H-pyrrole nitrogens is 2. The number of carbonyl (C=O) groups is 1. The average Bonchev–Trinajstić information content (AvgIpc) is 3.55. The molecule has 0 spiro atoms. The Balaban J connectivity index is 1.45. The molecule has 31 heavy (non-hydrogen) atoms. The van der Waals surface area contributed by atoms with E-state index in [1.807, 2.05) is 17.0 Å². The number of nitrogens with one attached hydrogen (secondary N) is 2. The summed E-state index contributed by atoms with van der Waals surface area (Å²) in [5.41, 5.74) is 6.65. The van der Waals surface area contributed by atoms with Gasteiger partial charge in [-0.2, -0.15) is 0 Å². The van der Waals surface area contributed by atoms with Crippen molar-refractivity contribution in [2.75, 3.05) is 13.2 Å². The van der Waals surface area contributed by atoms with Crippen LogP contribution < -0.4 is 4.74 Å². The van der Waals surface area contributed by atoms with E-state index >= 15 is 0 Å². The number of para-hydroxylation sites is 1.